The van der Waals surface area contributed by atoms with E-state index in [0.717, 1.165) is 24.1 Å². The summed E-state index contributed by atoms with van der Waals surface area (Å²) in [5.41, 5.74) is 2.46. The number of carbonyl (C=O) groups excluding carboxylic acids is 1. The molecule has 0 unspecified atom stereocenters. The topological polar surface area (TPSA) is 32.8 Å². The molecule has 0 aromatic heterocycles. The quantitative estimate of drug-likeness (QED) is 0.593. The molecule has 1 spiro atoms. The average molecular weight is 405 g/mol. The number of carbonyl (C=O) groups is 1. The number of benzene rings is 2. The number of hydrogen-bond acceptors (Lipinski definition) is 3. The van der Waals surface area contributed by atoms with E-state index < -0.39 is 5.60 Å². The van der Waals surface area contributed by atoms with E-state index in [-0.39, 0.29) is 11.6 Å². The zero-order valence-electron chi connectivity index (χ0n) is 18.3. The molecular formula is C26H32N2O2. The van der Waals surface area contributed by atoms with Crippen LogP contribution in [0.2, 0.25) is 0 Å². The number of hydrogen-bond donors (Lipinski definition) is 0. The minimum Gasteiger partial charge on any atom is -0.442 e. The Morgan fingerprint density at radius 3 is 2.13 bits per heavy atom. The largest absolute Gasteiger partial charge is 0.442 e. The van der Waals surface area contributed by atoms with Gasteiger partial charge < -0.3 is 4.74 Å². The van der Waals surface area contributed by atoms with E-state index in [2.05, 4.69) is 47.5 Å². The van der Waals surface area contributed by atoms with Crippen molar-refractivity contribution in [3.05, 3.63) is 77.9 Å². The van der Waals surface area contributed by atoms with Crippen LogP contribution in [0, 0.1) is 0 Å². The number of rotatable bonds is 3. The first-order valence-electron chi connectivity index (χ1n) is 11.0. The fourth-order valence-electron chi connectivity index (χ4n) is 4.59. The summed E-state index contributed by atoms with van der Waals surface area (Å²) in [6.07, 6.45) is 7.72. The second-order valence-electron chi connectivity index (χ2n) is 9.40. The molecule has 2 aromatic rings. The second kappa shape index (κ2) is 8.27. The van der Waals surface area contributed by atoms with E-state index in [1.807, 2.05) is 45.0 Å². The summed E-state index contributed by atoms with van der Waals surface area (Å²) in [5.74, 6) is 0. The molecule has 1 amide bonds. The maximum Gasteiger partial charge on any atom is 0.429 e. The summed E-state index contributed by atoms with van der Waals surface area (Å²) in [5, 5.41) is 4.07. The molecule has 0 saturated heterocycles. The zero-order chi connectivity index (χ0) is 21.2. The summed E-state index contributed by atoms with van der Waals surface area (Å²) < 4.78 is 5.88. The van der Waals surface area contributed by atoms with E-state index in [1.54, 1.807) is 5.01 Å². The fraction of sp³-hybridized carbons (Fsp3) is 0.423. The Morgan fingerprint density at radius 1 is 0.933 bits per heavy atom. The normalized spacial score (nSPS) is 19.0. The fourth-order valence-corrected chi connectivity index (χ4v) is 4.59. The Morgan fingerprint density at radius 2 is 1.53 bits per heavy atom. The van der Waals surface area contributed by atoms with Crippen molar-refractivity contribution in [2.24, 2.45) is 0 Å². The predicted molar refractivity (Wildman–Crippen MR) is 120 cm³/mol. The lowest BCUT2D eigenvalue weighted by Gasteiger charge is -2.44. The molecule has 1 aliphatic heterocycles. The highest BCUT2D eigenvalue weighted by atomic mass is 16.6. The van der Waals surface area contributed by atoms with Crippen LogP contribution in [-0.4, -0.2) is 27.3 Å². The molecule has 0 atom stereocenters. The van der Waals surface area contributed by atoms with Gasteiger partial charge in [0.2, 0.25) is 0 Å². The van der Waals surface area contributed by atoms with Gasteiger partial charge in [0.05, 0.1) is 11.2 Å². The highest BCUT2D eigenvalue weighted by Gasteiger charge is 2.49. The van der Waals surface area contributed by atoms with Gasteiger partial charge in [0.1, 0.15) is 5.60 Å². The predicted octanol–water partition coefficient (Wildman–Crippen LogP) is 6.40. The molecule has 1 fully saturated rings. The van der Waals surface area contributed by atoms with Gasteiger partial charge in [-0.15, -0.1) is 0 Å². The van der Waals surface area contributed by atoms with E-state index in [4.69, 9.17) is 4.74 Å². The molecule has 2 aromatic carbocycles. The Bertz CT molecular complexity index is 894. The third-order valence-electron chi connectivity index (χ3n) is 5.92. The van der Waals surface area contributed by atoms with Gasteiger partial charge in [0.15, 0.2) is 0 Å². The first kappa shape index (κ1) is 20.7. The van der Waals surface area contributed by atoms with E-state index in [9.17, 15) is 4.79 Å². The maximum absolute atomic E-state index is 13.5. The number of nitrogens with zero attached hydrogens (tertiary/aromatic N) is 2. The second-order valence-corrected chi connectivity index (χ2v) is 9.40. The monoisotopic (exact) mass is 404 g/mol. The van der Waals surface area contributed by atoms with Gasteiger partial charge in [0.25, 0.3) is 0 Å². The molecule has 158 valence electrons. The van der Waals surface area contributed by atoms with Gasteiger partial charge in [-0.1, -0.05) is 79.9 Å². The molecule has 30 heavy (non-hydrogen) atoms. The van der Waals surface area contributed by atoms with Crippen LogP contribution in [0.5, 0.6) is 0 Å². The lowest BCUT2D eigenvalue weighted by atomic mass is 9.81. The molecule has 4 heteroatoms. The van der Waals surface area contributed by atoms with Crippen molar-refractivity contribution in [2.75, 3.05) is 0 Å². The molecule has 4 nitrogen and oxygen atoms in total. The lowest BCUT2D eigenvalue weighted by molar-refractivity contribution is -0.0642. The first-order chi connectivity index (χ1) is 14.4. The summed E-state index contributed by atoms with van der Waals surface area (Å²) in [7, 11) is 0. The molecule has 1 saturated carbocycles. The number of amides is 1. The minimum atomic E-state index is -0.556. The Balaban J connectivity index is 1.79. The van der Waals surface area contributed by atoms with Crippen molar-refractivity contribution in [2.45, 2.75) is 70.6 Å². The van der Waals surface area contributed by atoms with Crippen molar-refractivity contribution in [1.82, 2.24) is 10.0 Å². The molecule has 0 radical (unpaired) electrons. The molecule has 0 N–H and O–H groups in total. The van der Waals surface area contributed by atoms with Gasteiger partial charge in [-0.05, 0) is 50.8 Å². The van der Waals surface area contributed by atoms with Crippen LogP contribution in [-0.2, 0) is 11.3 Å². The smallest absolute Gasteiger partial charge is 0.429 e. The van der Waals surface area contributed by atoms with E-state index in [1.165, 1.54) is 24.8 Å². The lowest BCUT2D eigenvalue weighted by Crippen LogP contribution is -2.54. The van der Waals surface area contributed by atoms with Crippen molar-refractivity contribution >= 4 is 11.8 Å². The van der Waals surface area contributed by atoms with E-state index >= 15 is 0 Å². The molecule has 0 bridgehead atoms. The van der Waals surface area contributed by atoms with Crippen LogP contribution in [0.4, 0.5) is 4.79 Å². The van der Waals surface area contributed by atoms with E-state index in [0.29, 0.717) is 6.54 Å². The molecule has 1 aliphatic carbocycles. The first-order valence-corrected chi connectivity index (χ1v) is 11.0. The highest BCUT2D eigenvalue weighted by molar-refractivity contribution is 5.84. The Labute approximate surface area is 180 Å². The number of hydrazine groups is 1. The molecular weight excluding hydrogens is 372 g/mol. The van der Waals surface area contributed by atoms with Crippen molar-refractivity contribution in [3.63, 3.8) is 0 Å². The van der Waals surface area contributed by atoms with Crippen molar-refractivity contribution in [3.8, 4) is 0 Å². The molecule has 4 rings (SSSR count). The van der Waals surface area contributed by atoms with Crippen LogP contribution in [0.25, 0.3) is 5.70 Å². The third kappa shape index (κ3) is 4.29. The van der Waals surface area contributed by atoms with Crippen molar-refractivity contribution < 1.29 is 9.53 Å². The Kier molecular flexibility index (Phi) is 5.70. The van der Waals surface area contributed by atoms with Crippen LogP contribution < -0.4 is 0 Å². The van der Waals surface area contributed by atoms with Gasteiger partial charge in [0, 0.05) is 6.54 Å². The standard InChI is InChI=1S/C26H32N2O2/c1-25(2,3)30-24(29)28-23(22-15-9-5-10-16-22)19-26(17-11-6-12-18-26)27(28)20-21-13-7-4-8-14-21/h4-5,7-10,13-16,19H,6,11-12,17-18,20H2,1-3H3. The molecule has 1 heterocycles. The summed E-state index contributed by atoms with van der Waals surface area (Å²) in [6.45, 7) is 6.44. The SMILES string of the molecule is CC(C)(C)OC(=O)N1C(c2ccccc2)=CC2(CCCCC2)N1Cc1ccccc1. The van der Waals surface area contributed by atoms with Crippen LogP contribution in [0.1, 0.15) is 64.0 Å². The Hall–Kier alpha value is -2.59. The van der Waals surface area contributed by atoms with Gasteiger partial charge >= 0.3 is 6.09 Å². The van der Waals surface area contributed by atoms with Crippen molar-refractivity contribution in [1.29, 1.82) is 0 Å². The highest BCUT2D eigenvalue weighted by Crippen LogP contribution is 2.46. The van der Waals surface area contributed by atoms with Gasteiger partial charge in [-0.2, -0.15) is 5.01 Å². The maximum atomic E-state index is 13.5. The zero-order valence-corrected chi connectivity index (χ0v) is 18.3. The van der Waals surface area contributed by atoms with Crippen LogP contribution >= 0.6 is 0 Å². The minimum absolute atomic E-state index is 0.157. The van der Waals surface area contributed by atoms with Crippen LogP contribution in [0.3, 0.4) is 0 Å². The summed E-state index contributed by atoms with van der Waals surface area (Å²) in [6, 6.07) is 20.6. The third-order valence-corrected chi connectivity index (χ3v) is 5.92. The van der Waals surface area contributed by atoms with Gasteiger partial charge in [-0.25, -0.2) is 9.80 Å². The number of ether oxygens (including phenoxy) is 1. The summed E-state index contributed by atoms with van der Waals surface area (Å²) >= 11 is 0. The average Bonchev–Trinajstić information content (AvgIpc) is 3.02. The van der Waals surface area contributed by atoms with Crippen LogP contribution in [0.15, 0.2) is 66.7 Å². The summed E-state index contributed by atoms with van der Waals surface area (Å²) in [4.78, 5) is 13.5. The van der Waals surface area contributed by atoms with Gasteiger partial charge in [-0.3, -0.25) is 0 Å². The molecule has 2 aliphatic rings.